The minimum atomic E-state index is 0.0962. The van der Waals surface area contributed by atoms with E-state index in [-0.39, 0.29) is 5.91 Å². The van der Waals surface area contributed by atoms with E-state index in [0.717, 1.165) is 42.2 Å². The number of fused-ring (bicyclic) bond motifs is 1. The van der Waals surface area contributed by atoms with Crippen LogP contribution in [-0.2, 0) is 6.42 Å². The minimum Gasteiger partial charge on any atom is -0.367 e. The molecule has 25 heavy (non-hydrogen) atoms. The quantitative estimate of drug-likeness (QED) is 0.727. The Balaban J connectivity index is 1.46. The molecular weight excluding hydrogens is 316 g/mol. The highest BCUT2D eigenvalue weighted by Gasteiger charge is 2.22. The van der Waals surface area contributed by atoms with Gasteiger partial charge in [-0.3, -0.25) is 4.79 Å². The van der Waals surface area contributed by atoms with Crippen molar-refractivity contribution in [1.29, 1.82) is 0 Å². The van der Waals surface area contributed by atoms with Gasteiger partial charge in [-0.1, -0.05) is 25.1 Å². The Kier molecular flexibility index (Phi) is 4.05. The predicted molar refractivity (Wildman–Crippen MR) is 94.7 cm³/mol. The Hall–Kier alpha value is -2.96. The van der Waals surface area contributed by atoms with Crippen LogP contribution in [0.15, 0.2) is 42.6 Å². The second-order valence-corrected chi connectivity index (χ2v) is 6.10. The Morgan fingerprint density at radius 1 is 1.08 bits per heavy atom. The van der Waals surface area contributed by atoms with Crippen molar-refractivity contribution in [3.05, 3.63) is 54.0 Å². The zero-order chi connectivity index (χ0) is 17.2. The Bertz CT molecular complexity index is 883. The topological polar surface area (TPSA) is 66.6 Å². The Labute approximate surface area is 145 Å². The lowest BCUT2D eigenvalue weighted by molar-refractivity contribution is 0.0747. The van der Waals surface area contributed by atoms with Crippen molar-refractivity contribution in [3.8, 4) is 0 Å². The maximum absolute atomic E-state index is 12.5. The molecule has 128 valence electrons. The van der Waals surface area contributed by atoms with Gasteiger partial charge in [0.15, 0.2) is 11.5 Å². The summed E-state index contributed by atoms with van der Waals surface area (Å²) in [6.45, 7) is 5.00. The second kappa shape index (κ2) is 6.51. The highest BCUT2D eigenvalue weighted by atomic mass is 16.2. The molecule has 4 rings (SSSR count). The number of amides is 1. The van der Waals surface area contributed by atoms with Crippen LogP contribution in [0, 0.1) is 0 Å². The van der Waals surface area contributed by atoms with Gasteiger partial charge in [-0.25, -0.2) is 0 Å². The van der Waals surface area contributed by atoms with E-state index in [1.165, 1.54) is 0 Å². The molecule has 7 nitrogen and oxygen atoms in total. The first-order chi connectivity index (χ1) is 12.3. The minimum absolute atomic E-state index is 0.0962. The summed E-state index contributed by atoms with van der Waals surface area (Å²) < 4.78 is 1.78. The van der Waals surface area contributed by atoms with Crippen LogP contribution in [0.4, 0.5) is 5.69 Å². The van der Waals surface area contributed by atoms with Gasteiger partial charge in [0.2, 0.25) is 0 Å². The van der Waals surface area contributed by atoms with Crippen LogP contribution < -0.4 is 4.90 Å². The molecule has 7 heteroatoms. The second-order valence-electron chi connectivity index (χ2n) is 6.10. The number of benzene rings is 1. The predicted octanol–water partition coefficient (Wildman–Crippen LogP) is 1.65. The van der Waals surface area contributed by atoms with E-state index in [2.05, 4.69) is 20.2 Å². The zero-order valence-corrected chi connectivity index (χ0v) is 14.2. The van der Waals surface area contributed by atoms with Crippen LogP contribution >= 0.6 is 0 Å². The van der Waals surface area contributed by atoms with Gasteiger partial charge in [-0.05, 0) is 12.1 Å². The normalized spacial score (nSPS) is 14.9. The number of hydrogen-bond donors (Lipinski definition) is 0. The molecule has 0 radical (unpaired) electrons. The first-order valence-electron chi connectivity index (χ1n) is 8.56. The fraction of sp³-hybridized carbons (Fsp3) is 0.333. The summed E-state index contributed by atoms with van der Waals surface area (Å²) in [4.78, 5) is 16.7. The van der Waals surface area contributed by atoms with E-state index < -0.39 is 0 Å². The number of carbonyl (C=O) groups is 1. The van der Waals surface area contributed by atoms with Crippen molar-refractivity contribution in [1.82, 2.24) is 24.7 Å². The molecule has 1 aliphatic rings. The lowest BCUT2D eigenvalue weighted by Crippen LogP contribution is -2.48. The molecule has 3 heterocycles. The third kappa shape index (κ3) is 2.93. The summed E-state index contributed by atoms with van der Waals surface area (Å²) in [7, 11) is 0. The van der Waals surface area contributed by atoms with Gasteiger partial charge in [-0.15, -0.1) is 10.2 Å². The van der Waals surface area contributed by atoms with E-state index in [1.54, 1.807) is 4.52 Å². The van der Waals surface area contributed by atoms with E-state index in [0.29, 0.717) is 13.1 Å². The smallest absolute Gasteiger partial charge is 0.253 e. The lowest BCUT2D eigenvalue weighted by atomic mass is 10.2. The molecule has 0 unspecified atom stereocenters. The van der Waals surface area contributed by atoms with Gasteiger partial charge in [-0.2, -0.15) is 9.61 Å². The van der Waals surface area contributed by atoms with E-state index in [9.17, 15) is 4.79 Å². The molecule has 0 bridgehead atoms. The summed E-state index contributed by atoms with van der Waals surface area (Å²) in [5.74, 6) is 0.957. The van der Waals surface area contributed by atoms with E-state index >= 15 is 0 Å². The largest absolute Gasteiger partial charge is 0.367 e. The fourth-order valence-electron chi connectivity index (χ4n) is 3.15. The maximum atomic E-state index is 12.5. The standard InChI is InChI=1S/C18H20N6O/c1-2-16-20-21-17-12-15(13-19-24(16)17)22-8-10-23(11-9-22)18(25)14-6-4-3-5-7-14/h3-7,12-13H,2,8-11H2,1H3. The van der Waals surface area contributed by atoms with E-state index in [4.69, 9.17) is 0 Å². The SMILES string of the molecule is CCc1nnc2cc(N3CCN(C(=O)c4ccccc4)CC3)cnn12. The van der Waals surface area contributed by atoms with Crippen molar-refractivity contribution in [2.24, 2.45) is 0 Å². The van der Waals surface area contributed by atoms with Gasteiger partial charge in [0.1, 0.15) is 0 Å². The summed E-state index contributed by atoms with van der Waals surface area (Å²) >= 11 is 0. The summed E-state index contributed by atoms with van der Waals surface area (Å²) in [6, 6.07) is 11.5. The number of nitrogens with zero attached hydrogens (tertiary/aromatic N) is 6. The van der Waals surface area contributed by atoms with Gasteiger partial charge >= 0.3 is 0 Å². The van der Waals surface area contributed by atoms with Gasteiger partial charge < -0.3 is 9.80 Å². The third-order valence-corrected chi connectivity index (χ3v) is 4.58. The van der Waals surface area contributed by atoms with Gasteiger partial charge in [0.25, 0.3) is 5.91 Å². The molecule has 1 saturated heterocycles. The van der Waals surface area contributed by atoms with E-state index in [1.807, 2.05) is 54.4 Å². The zero-order valence-electron chi connectivity index (χ0n) is 14.2. The molecule has 1 amide bonds. The molecule has 1 fully saturated rings. The monoisotopic (exact) mass is 336 g/mol. The number of rotatable bonds is 3. The number of carbonyl (C=O) groups excluding carboxylic acids is 1. The van der Waals surface area contributed by atoms with Crippen molar-refractivity contribution in [3.63, 3.8) is 0 Å². The molecule has 0 atom stereocenters. The fourth-order valence-corrected chi connectivity index (χ4v) is 3.15. The molecule has 3 aromatic rings. The van der Waals surface area contributed by atoms with Crippen molar-refractivity contribution < 1.29 is 4.79 Å². The lowest BCUT2D eigenvalue weighted by Gasteiger charge is -2.35. The molecule has 0 spiro atoms. The number of hydrogen-bond acceptors (Lipinski definition) is 5. The molecule has 0 aliphatic carbocycles. The highest BCUT2D eigenvalue weighted by molar-refractivity contribution is 5.94. The van der Waals surface area contributed by atoms with Gasteiger partial charge in [0, 0.05) is 44.2 Å². The van der Waals surface area contributed by atoms with Gasteiger partial charge in [0.05, 0.1) is 11.9 Å². The van der Waals surface area contributed by atoms with Crippen LogP contribution in [0.3, 0.4) is 0 Å². The third-order valence-electron chi connectivity index (χ3n) is 4.58. The molecule has 0 N–H and O–H groups in total. The summed E-state index contributed by atoms with van der Waals surface area (Å²) in [5.41, 5.74) is 2.53. The molecular formula is C18H20N6O. The molecule has 1 aromatic carbocycles. The van der Waals surface area contributed by atoms with Crippen LogP contribution in [0.5, 0.6) is 0 Å². The van der Waals surface area contributed by atoms with Crippen LogP contribution in [0.25, 0.3) is 5.65 Å². The Morgan fingerprint density at radius 3 is 2.56 bits per heavy atom. The van der Waals surface area contributed by atoms with Crippen molar-refractivity contribution in [2.45, 2.75) is 13.3 Å². The number of piperazine rings is 1. The average molecular weight is 336 g/mol. The summed E-state index contributed by atoms with van der Waals surface area (Å²) in [5, 5.41) is 12.8. The molecule has 2 aromatic heterocycles. The highest BCUT2D eigenvalue weighted by Crippen LogP contribution is 2.18. The summed E-state index contributed by atoms with van der Waals surface area (Å²) in [6.07, 6.45) is 2.65. The average Bonchev–Trinajstić information content (AvgIpc) is 3.10. The molecule has 1 aliphatic heterocycles. The number of anilines is 1. The first-order valence-corrected chi connectivity index (χ1v) is 8.56. The van der Waals surface area contributed by atoms with Crippen LogP contribution in [0.2, 0.25) is 0 Å². The molecule has 0 saturated carbocycles. The number of aryl methyl sites for hydroxylation is 1. The van der Waals surface area contributed by atoms with Crippen molar-refractivity contribution >= 4 is 17.2 Å². The van der Waals surface area contributed by atoms with Crippen molar-refractivity contribution in [2.75, 3.05) is 31.1 Å². The Morgan fingerprint density at radius 2 is 1.84 bits per heavy atom. The van der Waals surface area contributed by atoms with Crippen LogP contribution in [0.1, 0.15) is 23.1 Å². The maximum Gasteiger partial charge on any atom is 0.253 e. The first kappa shape index (κ1) is 15.6. The number of aromatic nitrogens is 4. The van der Waals surface area contributed by atoms with Crippen LogP contribution in [-0.4, -0.2) is 56.8 Å².